The third-order valence-corrected chi connectivity index (χ3v) is 4.12. The number of furan rings is 1. The number of hydrogen-bond donors (Lipinski definition) is 1. The van der Waals surface area contributed by atoms with Crippen molar-refractivity contribution in [3.63, 3.8) is 0 Å². The molecule has 1 N–H and O–H groups in total. The number of Topliss-reactive ketones (excluding diaryl/α,β-unsaturated/α-hetero) is 1. The van der Waals surface area contributed by atoms with Gasteiger partial charge in [-0.25, -0.2) is 17.6 Å². The van der Waals surface area contributed by atoms with Gasteiger partial charge in [0.1, 0.15) is 22.8 Å². The van der Waals surface area contributed by atoms with Crippen molar-refractivity contribution >= 4 is 17.7 Å². The van der Waals surface area contributed by atoms with E-state index in [1.54, 1.807) is 29.7 Å². The van der Waals surface area contributed by atoms with Crippen molar-refractivity contribution in [2.24, 2.45) is 5.10 Å². The van der Waals surface area contributed by atoms with Gasteiger partial charge in [0, 0.05) is 11.1 Å². The summed E-state index contributed by atoms with van der Waals surface area (Å²) in [5.74, 6) is -9.49. The molecule has 11 heteroatoms. The SMILES string of the molecule is CC(=O)c1ccc(-c2ccc(/C=N\Nc3c(F)c(F)c(C(F)(F)F)c(F)c3F)o2)cc1. The van der Waals surface area contributed by atoms with Crippen molar-refractivity contribution in [3.8, 4) is 11.3 Å². The van der Waals surface area contributed by atoms with Gasteiger partial charge in [-0.2, -0.15) is 18.3 Å². The Bertz CT molecular complexity index is 1140. The highest BCUT2D eigenvalue weighted by molar-refractivity contribution is 5.94. The number of ketones is 1. The molecule has 162 valence electrons. The average molecular weight is 444 g/mol. The summed E-state index contributed by atoms with van der Waals surface area (Å²) < 4.78 is 98.0. The molecule has 0 spiro atoms. The van der Waals surface area contributed by atoms with Crippen LogP contribution in [-0.4, -0.2) is 12.0 Å². The maximum absolute atomic E-state index is 13.8. The van der Waals surface area contributed by atoms with E-state index in [0.29, 0.717) is 16.9 Å². The van der Waals surface area contributed by atoms with Gasteiger partial charge in [-0.1, -0.05) is 24.3 Å². The minimum absolute atomic E-state index is 0.0480. The normalized spacial score (nSPS) is 11.9. The van der Waals surface area contributed by atoms with Crippen molar-refractivity contribution in [2.45, 2.75) is 13.1 Å². The molecule has 0 aliphatic carbocycles. The highest BCUT2D eigenvalue weighted by Crippen LogP contribution is 2.38. The lowest BCUT2D eigenvalue weighted by Gasteiger charge is -2.13. The molecule has 0 aliphatic heterocycles. The third kappa shape index (κ3) is 4.44. The van der Waals surface area contributed by atoms with Crippen molar-refractivity contribution < 1.29 is 39.9 Å². The summed E-state index contributed by atoms with van der Waals surface area (Å²) in [6.07, 6.45) is -4.75. The quantitative estimate of drug-likeness (QED) is 0.168. The third-order valence-electron chi connectivity index (χ3n) is 4.12. The first-order valence-corrected chi connectivity index (χ1v) is 8.44. The number of hydrogen-bond acceptors (Lipinski definition) is 4. The molecule has 0 atom stereocenters. The molecule has 0 amide bonds. The van der Waals surface area contributed by atoms with Crippen molar-refractivity contribution in [2.75, 3.05) is 5.43 Å². The number of hydrazone groups is 1. The summed E-state index contributed by atoms with van der Waals surface area (Å²) in [5, 5.41) is 3.34. The monoisotopic (exact) mass is 444 g/mol. The minimum Gasteiger partial charge on any atom is -0.455 e. The molecule has 0 unspecified atom stereocenters. The second-order valence-corrected chi connectivity index (χ2v) is 6.21. The van der Waals surface area contributed by atoms with E-state index in [0.717, 1.165) is 6.21 Å². The fraction of sp³-hybridized carbons (Fsp3) is 0.100. The van der Waals surface area contributed by atoms with Crippen LogP contribution in [0.3, 0.4) is 0 Å². The van der Waals surface area contributed by atoms with Gasteiger partial charge in [0.15, 0.2) is 29.1 Å². The van der Waals surface area contributed by atoms with E-state index in [-0.39, 0.29) is 11.5 Å². The predicted molar refractivity (Wildman–Crippen MR) is 96.6 cm³/mol. The summed E-state index contributed by atoms with van der Waals surface area (Å²) >= 11 is 0. The topological polar surface area (TPSA) is 54.6 Å². The minimum atomic E-state index is -5.63. The summed E-state index contributed by atoms with van der Waals surface area (Å²) in [5.41, 5.74) is -1.49. The Labute approximate surface area is 170 Å². The molecule has 0 radical (unpaired) electrons. The van der Waals surface area contributed by atoms with Gasteiger partial charge in [-0.15, -0.1) is 0 Å². The van der Waals surface area contributed by atoms with Crippen LogP contribution in [0.25, 0.3) is 11.3 Å². The first kappa shape index (κ1) is 22.1. The number of halogens is 7. The van der Waals surface area contributed by atoms with Crippen LogP contribution in [0.1, 0.15) is 28.6 Å². The van der Waals surface area contributed by atoms with Crippen LogP contribution in [0.2, 0.25) is 0 Å². The molecule has 1 heterocycles. The molecule has 0 saturated heterocycles. The number of alkyl halides is 3. The highest BCUT2D eigenvalue weighted by Gasteiger charge is 2.42. The van der Waals surface area contributed by atoms with Crippen LogP contribution in [0.5, 0.6) is 0 Å². The number of benzene rings is 2. The van der Waals surface area contributed by atoms with Crippen molar-refractivity contribution in [3.05, 3.63) is 76.6 Å². The van der Waals surface area contributed by atoms with Gasteiger partial charge < -0.3 is 4.42 Å². The van der Waals surface area contributed by atoms with Crippen LogP contribution >= 0.6 is 0 Å². The lowest BCUT2D eigenvalue weighted by Crippen LogP contribution is -2.16. The van der Waals surface area contributed by atoms with Crippen LogP contribution < -0.4 is 5.43 Å². The van der Waals surface area contributed by atoms with Crippen LogP contribution in [0.15, 0.2) is 45.9 Å². The van der Waals surface area contributed by atoms with E-state index >= 15 is 0 Å². The Morgan fingerprint density at radius 3 is 2.03 bits per heavy atom. The van der Waals surface area contributed by atoms with Gasteiger partial charge in [-0.05, 0) is 19.1 Å². The molecule has 2 aromatic carbocycles. The molecule has 4 nitrogen and oxygen atoms in total. The zero-order valence-electron chi connectivity index (χ0n) is 15.5. The van der Waals surface area contributed by atoms with E-state index < -0.39 is 40.7 Å². The molecule has 0 fully saturated rings. The Morgan fingerprint density at radius 2 is 1.52 bits per heavy atom. The first-order valence-electron chi connectivity index (χ1n) is 8.44. The van der Waals surface area contributed by atoms with Gasteiger partial charge in [0.05, 0.1) is 6.21 Å². The molecule has 3 rings (SSSR count). The Kier molecular flexibility index (Phi) is 5.87. The Balaban J connectivity index is 1.81. The zero-order valence-corrected chi connectivity index (χ0v) is 15.5. The van der Waals surface area contributed by atoms with Gasteiger partial charge in [-0.3, -0.25) is 10.2 Å². The van der Waals surface area contributed by atoms with Crippen LogP contribution in [0, 0.1) is 23.3 Å². The Hall–Kier alpha value is -3.63. The zero-order chi connectivity index (χ0) is 22.9. The molecule has 0 aliphatic rings. The van der Waals surface area contributed by atoms with E-state index in [1.807, 2.05) is 0 Å². The molecule has 0 bridgehead atoms. The predicted octanol–water partition coefficient (Wildman–Crippen LogP) is 6.17. The highest BCUT2D eigenvalue weighted by atomic mass is 19.4. The van der Waals surface area contributed by atoms with Gasteiger partial charge >= 0.3 is 6.18 Å². The smallest absolute Gasteiger partial charge is 0.422 e. The first-order chi connectivity index (χ1) is 14.5. The number of carbonyl (C=O) groups excluding carboxylic acids is 1. The molecule has 3 aromatic rings. The Morgan fingerprint density at radius 1 is 0.935 bits per heavy atom. The molecule has 0 saturated carbocycles. The molecular weight excluding hydrogens is 433 g/mol. The molecule has 1 aromatic heterocycles. The fourth-order valence-corrected chi connectivity index (χ4v) is 2.59. The maximum atomic E-state index is 13.8. The second-order valence-electron chi connectivity index (χ2n) is 6.21. The number of nitrogens with zero attached hydrogens (tertiary/aromatic N) is 1. The average Bonchev–Trinajstić information content (AvgIpc) is 3.17. The van der Waals surface area contributed by atoms with Crippen LogP contribution in [0.4, 0.5) is 36.4 Å². The lowest BCUT2D eigenvalue weighted by molar-refractivity contribution is -0.143. The number of nitrogens with one attached hydrogen (secondary N) is 1. The standard InChI is InChI=1S/C20H11F7N2O2/c1-9(30)10-2-4-11(5-3-10)13-7-6-12(31-13)8-28-29-19-17(23)15(21)14(20(25,26)27)16(22)18(19)24/h2-8,29H,1H3/b28-8-. The van der Waals surface area contributed by atoms with Gasteiger partial charge in [0.2, 0.25) is 0 Å². The summed E-state index contributed by atoms with van der Waals surface area (Å²) in [7, 11) is 0. The van der Waals surface area contributed by atoms with E-state index in [9.17, 15) is 35.5 Å². The fourth-order valence-electron chi connectivity index (χ4n) is 2.59. The number of carbonyl (C=O) groups is 1. The largest absolute Gasteiger partial charge is 0.455 e. The van der Waals surface area contributed by atoms with Crippen molar-refractivity contribution in [1.29, 1.82) is 0 Å². The summed E-state index contributed by atoms with van der Waals surface area (Å²) in [4.78, 5) is 11.3. The summed E-state index contributed by atoms with van der Waals surface area (Å²) in [6.45, 7) is 1.41. The van der Waals surface area contributed by atoms with E-state index in [1.165, 1.54) is 19.1 Å². The van der Waals surface area contributed by atoms with Gasteiger partial charge in [0.25, 0.3) is 0 Å². The number of anilines is 1. The van der Waals surface area contributed by atoms with E-state index in [2.05, 4.69) is 5.10 Å². The molecular formula is C20H11F7N2O2. The number of rotatable bonds is 5. The molecule has 31 heavy (non-hydrogen) atoms. The van der Waals surface area contributed by atoms with E-state index in [4.69, 9.17) is 4.42 Å². The summed E-state index contributed by atoms with van der Waals surface area (Å²) in [6, 6.07) is 9.31. The lowest BCUT2D eigenvalue weighted by atomic mass is 10.1. The maximum Gasteiger partial charge on any atom is 0.422 e. The van der Waals surface area contributed by atoms with Crippen molar-refractivity contribution in [1.82, 2.24) is 0 Å². The second kappa shape index (κ2) is 8.25. The van der Waals surface area contributed by atoms with Crippen LogP contribution in [-0.2, 0) is 6.18 Å².